The lowest BCUT2D eigenvalue weighted by atomic mass is 10.0. The van der Waals surface area contributed by atoms with E-state index in [9.17, 15) is 9.90 Å². The molecular formula is C14H15ClN2O2S. The number of aromatic nitrogens is 2. The first-order valence-electron chi connectivity index (χ1n) is 6.33. The van der Waals surface area contributed by atoms with Crippen molar-refractivity contribution in [3.63, 3.8) is 0 Å². The SMILES string of the molecule is CCCc1[nH]c(=S)[nH]c(=O)c1Cc1ccc(O)c(Cl)c1. The van der Waals surface area contributed by atoms with Crippen molar-refractivity contribution in [3.8, 4) is 5.75 Å². The van der Waals surface area contributed by atoms with Crippen LogP contribution < -0.4 is 5.56 Å². The van der Waals surface area contributed by atoms with Crippen LogP contribution in [0.25, 0.3) is 0 Å². The van der Waals surface area contributed by atoms with Crippen molar-refractivity contribution in [1.82, 2.24) is 9.97 Å². The van der Waals surface area contributed by atoms with Gasteiger partial charge in [-0.2, -0.15) is 0 Å². The molecule has 1 aromatic heterocycles. The van der Waals surface area contributed by atoms with Gasteiger partial charge in [0.15, 0.2) is 4.77 Å². The maximum absolute atomic E-state index is 12.1. The van der Waals surface area contributed by atoms with Crippen LogP contribution in [0.1, 0.15) is 30.2 Å². The molecule has 20 heavy (non-hydrogen) atoms. The fourth-order valence-corrected chi connectivity index (χ4v) is 2.49. The zero-order chi connectivity index (χ0) is 14.7. The van der Waals surface area contributed by atoms with Gasteiger partial charge < -0.3 is 10.1 Å². The summed E-state index contributed by atoms with van der Waals surface area (Å²) in [4.78, 5) is 17.7. The molecule has 0 fully saturated rings. The number of aryl methyl sites for hydroxylation is 1. The van der Waals surface area contributed by atoms with E-state index in [1.165, 1.54) is 6.07 Å². The van der Waals surface area contributed by atoms with Gasteiger partial charge in [-0.05, 0) is 36.3 Å². The van der Waals surface area contributed by atoms with Crippen molar-refractivity contribution in [2.24, 2.45) is 0 Å². The largest absolute Gasteiger partial charge is 0.506 e. The number of aromatic amines is 2. The molecule has 0 unspecified atom stereocenters. The standard InChI is InChI=1S/C14H15ClN2O2S/c1-2-3-11-9(13(19)17-14(20)16-11)6-8-4-5-12(18)10(15)7-8/h4-5,7,18H,2-3,6H2,1H3,(H2,16,17,19,20). The number of halogens is 1. The summed E-state index contributed by atoms with van der Waals surface area (Å²) in [5.41, 5.74) is 2.19. The molecule has 0 saturated heterocycles. The van der Waals surface area contributed by atoms with E-state index < -0.39 is 0 Å². The summed E-state index contributed by atoms with van der Waals surface area (Å²) < 4.78 is 0.339. The van der Waals surface area contributed by atoms with Gasteiger partial charge in [-0.1, -0.05) is 31.0 Å². The van der Waals surface area contributed by atoms with Gasteiger partial charge in [0.25, 0.3) is 5.56 Å². The van der Waals surface area contributed by atoms with E-state index in [0.717, 1.165) is 24.1 Å². The van der Waals surface area contributed by atoms with Crippen LogP contribution in [-0.2, 0) is 12.8 Å². The Bertz CT molecular complexity index is 737. The van der Waals surface area contributed by atoms with Crippen molar-refractivity contribution < 1.29 is 5.11 Å². The van der Waals surface area contributed by atoms with Gasteiger partial charge in [-0.25, -0.2) is 0 Å². The quantitative estimate of drug-likeness (QED) is 0.759. The summed E-state index contributed by atoms with van der Waals surface area (Å²) in [6, 6.07) is 4.93. The number of aromatic hydroxyl groups is 1. The van der Waals surface area contributed by atoms with Gasteiger partial charge in [0, 0.05) is 17.7 Å². The average Bonchev–Trinajstić information content (AvgIpc) is 2.38. The van der Waals surface area contributed by atoms with Gasteiger partial charge in [0.2, 0.25) is 0 Å². The Labute approximate surface area is 126 Å². The predicted octanol–water partition coefficient (Wildman–Crippen LogP) is 3.33. The molecule has 4 nitrogen and oxygen atoms in total. The number of phenols is 1. The topological polar surface area (TPSA) is 68.9 Å². The molecule has 0 spiro atoms. The van der Waals surface area contributed by atoms with Crippen LogP contribution in [0.4, 0.5) is 0 Å². The third kappa shape index (κ3) is 3.29. The Morgan fingerprint density at radius 3 is 2.75 bits per heavy atom. The van der Waals surface area contributed by atoms with E-state index in [-0.39, 0.29) is 16.3 Å². The van der Waals surface area contributed by atoms with Crippen molar-refractivity contribution in [1.29, 1.82) is 0 Å². The van der Waals surface area contributed by atoms with E-state index in [1.807, 2.05) is 6.92 Å². The van der Waals surface area contributed by atoms with Crippen LogP contribution in [-0.4, -0.2) is 15.1 Å². The first-order chi connectivity index (χ1) is 9.51. The molecule has 0 aliphatic carbocycles. The zero-order valence-corrected chi connectivity index (χ0v) is 12.6. The highest BCUT2D eigenvalue weighted by atomic mass is 35.5. The van der Waals surface area contributed by atoms with Crippen LogP contribution in [0, 0.1) is 4.77 Å². The van der Waals surface area contributed by atoms with Crippen molar-refractivity contribution in [2.45, 2.75) is 26.2 Å². The third-order valence-corrected chi connectivity index (χ3v) is 3.53. The minimum absolute atomic E-state index is 0.0329. The molecule has 1 aromatic carbocycles. The molecule has 0 aliphatic heterocycles. The van der Waals surface area contributed by atoms with Crippen molar-refractivity contribution in [2.75, 3.05) is 0 Å². The number of H-pyrrole nitrogens is 2. The summed E-state index contributed by atoms with van der Waals surface area (Å²) in [5, 5.41) is 9.70. The lowest BCUT2D eigenvalue weighted by molar-refractivity contribution is 0.475. The maximum atomic E-state index is 12.1. The van der Waals surface area contributed by atoms with Crippen molar-refractivity contribution >= 4 is 23.8 Å². The number of benzene rings is 1. The average molecular weight is 311 g/mol. The van der Waals surface area contributed by atoms with Crippen LogP contribution in [0.15, 0.2) is 23.0 Å². The highest BCUT2D eigenvalue weighted by Gasteiger charge is 2.10. The van der Waals surface area contributed by atoms with E-state index in [0.29, 0.717) is 16.8 Å². The van der Waals surface area contributed by atoms with Crippen LogP contribution in [0.5, 0.6) is 5.75 Å². The van der Waals surface area contributed by atoms with Crippen LogP contribution in [0.2, 0.25) is 5.02 Å². The first kappa shape index (κ1) is 14.8. The highest BCUT2D eigenvalue weighted by Crippen LogP contribution is 2.24. The fourth-order valence-electron chi connectivity index (χ4n) is 2.07. The Balaban J connectivity index is 2.44. The number of nitrogens with one attached hydrogen (secondary N) is 2. The molecule has 0 radical (unpaired) electrons. The van der Waals surface area contributed by atoms with Gasteiger partial charge in [0.05, 0.1) is 5.02 Å². The molecule has 1 heterocycles. The van der Waals surface area contributed by atoms with E-state index in [1.54, 1.807) is 12.1 Å². The van der Waals surface area contributed by atoms with Crippen molar-refractivity contribution in [3.05, 3.63) is 55.2 Å². The second-order valence-corrected chi connectivity index (χ2v) is 5.39. The van der Waals surface area contributed by atoms with E-state index in [2.05, 4.69) is 9.97 Å². The minimum atomic E-state index is -0.179. The molecular weight excluding hydrogens is 296 g/mol. The summed E-state index contributed by atoms with van der Waals surface area (Å²) in [7, 11) is 0. The van der Waals surface area contributed by atoms with Gasteiger partial charge >= 0.3 is 0 Å². The second kappa shape index (κ2) is 6.24. The molecule has 0 aliphatic rings. The van der Waals surface area contributed by atoms with Gasteiger partial charge in [0.1, 0.15) is 5.75 Å². The highest BCUT2D eigenvalue weighted by molar-refractivity contribution is 7.71. The van der Waals surface area contributed by atoms with E-state index >= 15 is 0 Å². The van der Waals surface area contributed by atoms with Crippen LogP contribution >= 0.6 is 23.8 Å². The first-order valence-corrected chi connectivity index (χ1v) is 7.11. The molecule has 2 rings (SSSR count). The Hall–Kier alpha value is -1.59. The minimum Gasteiger partial charge on any atom is -0.506 e. The molecule has 2 aromatic rings. The molecule has 0 saturated carbocycles. The Morgan fingerprint density at radius 1 is 1.35 bits per heavy atom. The monoisotopic (exact) mass is 310 g/mol. The molecule has 106 valence electrons. The summed E-state index contributed by atoms with van der Waals surface area (Å²) >= 11 is 10.9. The molecule has 0 atom stereocenters. The molecule has 6 heteroatoms. The van der Waals surface area contributed by atoms with E-state index in [4.69, 9.17) is 23.8 Å². The van der Waals surface area contributed by atoms with Gasteiger partial charge in [-0.3, -0.25) is 9.78 Å². The lowest BCUT2D eigenvalue weighted by Crippen LogP contribution is -2.18. The maximum Gasteiger partial charge on any atom is 0.255 e. The molecule has 0 bridgehead atoms. The summed E-state index contributed by atoms with van der Waals surface area (Å²) in [6.45, 7) is 2.04. The number of phenolic OH excluding ortho intramolecular Hbond substituents is 1. The fraction of sp³-hybridized carbons (Fsp3) is 0.286. The number of hydrogen-bond donors (Lipinski definition) is 3. The predicted molar refractivity (Wildman–Crippen MR) is 82.2 cm³/mol. The summed E-state index contributed by atoms with van der Waals surface area (Å²) in [6.07, 6.45) is 2.11. The normalized spacial score (nSPS) is 10.7. The molecule has 0 amide bonds. The number of rotatable bonds is 4. The Morgan fingerprint density at radius 2 is 2.10 bits per heavy atom. The third-order valence-electron chi connectivity index (χ3n) is 3.02. The lowest BCUT2D eigenvalue weighted by Gasteiger charge is -2.08. The summed E-state index contributed by atoms with van der Waals surface area (Å²) in [5.74, 6) is 0.0329. The van der Waals surface area contributed by atoms with Crippen LogP contribution in [0.3, 0.4) is 0 Å². The molecule has 3 N–H and O–H groups in total. The van der Waals surface area contributed by atoms with Gasteiger partial charge in [-0.15, -0.1) is 0 Å². The Kier molecular flexibility index (Phi) is 4.62. The number of hydrogen-bond acceptors (Lipinski definition) is 3. The smallest absolute Gasteiger partial charge is 0.255 e. The second-order valence-electron chi connectivity index (χ2n) is 4.58. The zero-order valence-electron chi connectivity index (χ0n) is 11.0.